The number of Topliss-reactive ketones (excluding diaryl/α,β-unsaturated/α-hetero) is 1. The number of nitrogens with one attached hydrogen (secondary N) is 1. The molecule has 0 fully saturated rings. The molecule has 0 aromatic heterocycles. The smallest absolute Gasteiger partial charge is 0.407 e. The van der Waals surface area contributed by atoms with Gasteiger partial charge >= 0.3 is 6.09 Å². The van der Waals surface area contributed by atoms with Crippen LogP contribution < -0.4 is 15.7 Å². The number of ether oxygens (including phenoxy) is 1. The van der Waals surface area contributed by atoms with Crippen LogP contribution in [0.15, 0.2) is 60.7 Å². The molecule has 1 amide bonds. The van der Waals surface area contributed by atoms with Gasteiger partial charge in [-0.1, -0.05) is 95.3 Å². The van der Waals surface area contributed by atoms with E-state index < -0.39 is 26.1 Å². The molecule has 0 heterocycles. The van der Waals surface area contributed by atoms with Crippen molar-refractivity contribution in [3.63, 3.8) is 0 Å². The molecular formula is C29H43NO4Si. The van der Waals surface area contributed by atoms with Gasteiger partial charge in [0.2, 0.25) is 0 Å². The fraction of sp³-hybridized carbons (Fsp3) is 0.517. The molecule has 0 spiro atoms. The number of benzene rings is 2. The van der Waals surface area contributed by atoms with Crippen molar-refractivity contribution in [3.8, 4) is 0 Å². The molecule has 0 saturated heterocycles. The van der Waals surface area contributed by atoms with E-state index in [0.29, 0.717) is 12.8 Å². The van der Waals surface area contributed by atoms with Crippen LogP contribution in [-0.2, 0) is 14.0 Å². The third-order valence-electron chi connectivity index (χ3n) is 6.01. The minimum atomic E-state index is -2.78. The highest BCUT2D eigenvalue weighted by molar-refractivity contribution is 6.99. The Hall–Kier alpha value is -2.44. The number of alkyl carbamates (subject to hydrolysis) is 1. The van der Waals surface area contributed by atoms with E-state index in [2.05, 4.69) is 50.4 Å². The number of ketones is 1. The minimum absolute atomic E-state index is 0.0587. The maximum atomic E-state index is 12.6. The normalized spacial score (nSPS) is 13.4. The highest BCUT2D eigenvalue weighted by atomic mass is 28.4. The van der Waals surface area contributed by atoms with E-state index in [1.807, 2.05) is 71.0 Å². The summed E-state index contributed by atoms with van der Waals surface area (Å²) in [6, 6.07) is 20.7. The van der Waals surface area contributed by atoms with Crippen LogP contribution in [0.2, 0.25) is 5.04 Å². The van der Waals surface area contributed by atoms with Gasteiger partial charge in [-0.15, -0.1) is 0 Å². The summed E-state index contributed by atoms with van der Waals surface area (Å²) >= 11 is 0. The molecule has 0 aliphatic carbocycles. The Labute approximate surface area is 212 Å². The molecule has 0 aliphatic rings. The van der Waals surface area contributed by atoms with Crippen molar-refractivity contribution in [2.24, 2.45) is 5.92 Å². The molecule has 0 unspecified atom stereocenters. The van der Waals surface area contributed by atoms with Crippen LogP contribution in [0.3, 0.4) is 0 Å². The van der Waals surface area contributed by atoms with Gasteiger partial charge in [0.05, 0.1) is 6.61 Å². The van der Waals surface area contributed by atoms with Gasteiger partial charge in [0.1, 0.15) is 11.9 Å². The summed E-state index contributed by atoms with van der Waals surface area (Å²) in [5, 5.41) is 4.99. The van der Waals surface area contributed by atoms with Crippen molar-refractivity contribution in [3.05, 3.63) is 60.7 Å². The molecule has 2 aromatic carbocycles. The van der Waals surface area contributed by atoms with Gasteiger partial charge in [-0.2, -0.15) is 0 Å². The number of amides is 1. The monoisotopic (exact) mass is 497 g/mol. The minimum Gasteiger partial charge on any atom is -0.444 e. The summed E-state index contributed by atoms with van der Waals surface area (Å²) in [7, 11) is -2.78. The van der Waals surface area contributed by atoms with Gasteiger partial charge in [0, 0.05) is 17.9 Å². The quantitative estimate of drug-likeness (QED) is 0.443. The molecule has 0 radical (unpaired) electrons. The Kier molecular flexibility index (Phi) is 9.87. The molecule has 1 N–H and O–H groups in total. The first-order valence-corrected chi connectivity index (χ1v) is 14.4. The lowest BCUT2D eigenvalue weighted by Gasteiger charge is -2.43. The average Bonchev–Trinajstić information content (AvgIpc) is 2.76. The summed E-state index contributed by atoms with van der Waals surface area (Å²) in [5.41, 5.74) is -0.422. The molecule has 0 aliphatic heterocycles. The number of carbonyl (C=O) groups is 2. The Bertz CT molecular complexity index is 907. The van der Waals surface area contributed by atoms with Crippen molar-refractivity contribution >= 4 is 30.6 Å². The lowest BCUT2D eigenvalue weighted by atomic mass is 10.0. The first-order valence-electron chi connectivity index (χ1n) is 12.5. The van der Waals surface area contributed by atoms with Gasteiger partial charge in [-0.3, -0.25) is 4.79 Å². The molecule has 0 saturated carbocycles. The third-order valence-corrected chi connectivity index (χ3v) is 11.0. The summed E-state index contributed by atoms with van der Waals surface area (Å²) in [5.74, 6) is 0.0944. The van der Waals surface area contributed by atoms with Crippen LogP contribution in [0, 0.1) is 5.92 Å². The first-order chi connectivity index (χ1) is 16.3. The second-order valence-electron chi connectivity index (χ2n) is 11.5. The third kappa shape index (κ3) is 8.04. The van der Waals surface area contributed by atoms with Gasteiger partial charge in [0.15, 0.2) is 0 Å². The lowest BCUT2D eigenvalue weighted by molar-refractivity contribution is -0.122. The number of hydrogen-bond donors (Lipinski definition) is 1. The van der Waals surface area contributed by atoms with Crippen molar-refractivity contribution in [1.29, 1.82) is 0 Å². The molecule has 35 heavy (non-hydrogen) atoms. The predicted octanol–water partition coefficient (Wildman–Crippen LogP) is 5.46. The highest BCUT2D eigenvalue weighted by Crippen LogP contribution is 2.37. The summed E-state index contributed by atoms with van der Waals surface area (Å²) in [6.07, 6.45) is -0.269. The zero-order chi connectivity index (χ0) is 26.3. The highest BCUT2D eigenvalue weighted by Gasteiger charge is 2.50. The maximum Gasteiger partial charge on any atom is 0.407 e. The molecule has 1 atom stereocenters. The molecule has 2 rings (SSSR count). The van der Waals surface area contributed by atoms with Gasteiger partial charge in [0.25, 0.3) is 8.32 Å². The average molecular weight is 498 g/mol. The molecule has 192 valence electrons. The van der Waals surface area contributed by atoms with Crippen LogP contribution in [0.5, 0.6) is 0 Å². The molecular weight excluding hydrogens is 454 g/mol. The molecule has 0 bridgehead atoms. The standard InChI is InChI=1S/C29H43NO4Si/c1-22(2)26(31)20-19-23(34-27(32)30-28(3,4)5)21-33-35(29(6,7)8,24-15-11-9-12-16-24)25-17-13-10-14-18-25/h9-18,22-23H,19-21H2,1-8H3,(H,30,32)/t23-/m0/s1. The van der Waals surface area contributed by atoms with E-state index in [-0.39, 0.29) is 23.3 Å². The lowest BCUT2D eigenvalue weighted by Crippen LogP contribution is -2.67. The summed E-state index contributed by atoms with van der Waals surface area (Å²) in [6.45, 7) is 16.4. The Morgan fingerprint density at radius 1 is 0.857 bits per heavy atom. The second kappa shape index (κ2) is 12.0. The fourth-order valence-electron chi connectivity index (χ4n) is 4.23. The first kappa shape index (κ1) is 28.8. The van der Waals surface area contributed by atoms with E-state index >= 15 is 0 Å². The van der Waals surface area contributed by atoms with Crippen LogP contribution in [0.25, 0.3) is 0 Å². The maximum absolute atomic E-state index is 12.6. The molecule has 5 nitrogen and oxygen atoms in total. The predicted molar refractivity (Wildman–Crippen MR) is 146 cm³/mol. The number of hydrogen-bond acceptors (Lipinski definition) is 4. The van der Waals surface area contributed by atoms with Crippen molar-refractivity contribution in [2.75, 3.05) is 6.61 Å². The Morgan fingerprint density at radius 3 is 1.74 bits per heavy atom. The Morgan fingerprint density at radius 2 is 1.34 bits per heavy atom. The van der Waals surface area contributed by atoms with Crippen LogP contribution in [0.4, 0.5) is 4.79 Å². The van der Waals surface area contributed by atoms with E-state index in [1.54, 1.807) is 0 Å². The topological polar surface area (TPSA) is 64.6 Å². The fourth-order valence-corrected chi connectivity index (χ4v) is 8.83. The van der Waals surface area contributed by atoms with Crippen molar-refractivity contribution < 1.29 is 18.8 Å². The molecule has 6 heteroatoms. The second-order valence-corrected chi connectivity index (χ2v) is 15.8. The van der Waals surface area contributed by atoms with E-state index in [1.165, 1.54) is 0 Å². The number of rotatable bonds is 10. The van der Waals surface area contributed by atoms with E-state index in [4.69, 9.17) is 9.16 Å². The van der Waals surface area contributed by atoms with E-state index in [0.717, 1.165) is 10.4 Å². The van der Waals surface area contributed by atoms with Gasteiger partial charge in [-0.05, 0) is 42.6 Å². The largest absolute Gasteiger partial charge is 0.444 e. The number of carbonyl (C=O) groups excluding carboxylic acids is 2. The summed E-state index contributed by atoms with van der Waals surface area (Å²) < 4.78 is 12.8. The zero-order valence-corrected chi connectivity index (χ0v) is 23.7. The zero-order valence-electron chi connectivity index (χ0n) is 22.7. The van der Waals surface area contributed by atoms with Crippen molar-refractivity contribution in [2.45, 2.75) is 84.9 Å². The SMILES string of the molecule is CC(C)C(=O)CC[C@@H](CO[Si](c1ccccc1)(c1ccccc1)C(C)(C)C)OC(=O)NC(C)(C)C. The van der Waals surface area contributed by atoms with E-state index in [9.17, 15) is 9.59 Å². The van der Waals surface area contributed by atoms with Gasteiger partial charge < -0.3 is 14.5 Å². The molecule has 2 aromatic rings. The van der Waals surface area contributed by atoms with Crippen LogP contribution in [0.1, 0.15) is 68.2 Å². The van der Waals surface area contributed by atoms with Gasteiger partial charge in [-0.25, -0.2) is 4.79 Å². The van der Waals surface area contributed by atoms with Crippen LogP contribution >= 0.6 is 0 Å². The Balaban J connectivity index is 2.42. The summed E-state index contributed by atoms with van der Waals surface area (Å²) in [4.78, 5) is 25.0. The van der Waals surface area contributed by atoms with Crippen LogP contribution in [-0.4, -0.2) is 38.4 Å². The van der Waals surface area contributed by atoms with Crippen molar-refractivity contribution in [1.82, 2.24) is 5.32 Å².